The number of alkyl halides is 3. The Kier molecular flexibility index (Phi) is 3.85. The van der Waals surface area contributed by atoms with E-state index < -0.39 is 11.9 Å². The summed E-state index contributed by atoms with van der Waals surface area (Å²) in [5.41, 5.74) is 6.47. The van der Waals surface area contributed by atoms with Gasteiger partial charge in [0.2, 0.25) is 0 Å². The summed E-state index contributed by atoms with van der Waals surface area (Å²) in [6.45, 7) is 0.317. The van der Waals surface area contributed by atoms with E-state index in [-0.39, 0.29) is 5.92 Å². The number of nitrogens with zero attached hydrogens (tertiary/aromatic N) is 1. The molecule has 2 rings (SSSR count). The van der Waals surface area contributed by atoms with Crippen molar-refractivity contribution in [3.8, 4) is 0 Å². The molecule has 0 aliphatic heterocycles. The van der Waals surface area contributed by atoms with Gasteiger partial charge in [-0.3, -0.25) is 4.98 Å². The van der Waals surface area contributed by atoms with E-state index in [1.54, 1.807) is 0 Å². The molecule has 1 atom stereocenters. The van der Waals surface area contributed by atoms with Gasteiger partial charge in [-0.15, -0.1) is 0 Å². The van der Waals surface area contributed by atoms with Crippen molar-refractivity contribution < 1.29 is 13.2 Å². The Morgan fingerprint density at radius 3 is 2.16 bits per heavy atom. The molecule has 0 unspecified atom stereocenters. The van der Waals surface area contributed by atoms with Crippen molar-refractivity contribution in [2.24, 2.45) is 5.73 Å². The molecule has 0 fully saturated rings. The number of hydrogen-bond donors (Lipinski definition) is 1. The Morgan fingerprint density at radius 1 is 1.00 bits per heavy atom. The van der Waals surface area contributed by atoms with Gasteiger partial charge >= 0.3 is 6.18 Å². The zero-order valence-electron chi connectivity index (χ0n) is 10.1. The summed E-state index contributed by atoms with van der Waals surface area (Å²) < 4.78 is 37.3. The maximum atomic E-state index is 12.4. The molecular formula is C14H13F3N2. The van der Waals surface area contributed by atoms with Crippen LogP contribution in [-0.2, 0) is 6.18 Å². The molecular weight excluding hydrogens is 253 g/mol. The van der Waals surface area contributed by atoms with E-state index in [0.29, 0.717) is 12.1 Å². The third kappa shape index (κ3) is 3.12. The standard InChI is InChI=1S/C14H13F3N2/c15-14(16,17)13-7-6-11(9-19-13)12(8-18)10-4-2-1-3-5-10/h1-7,9,12H,8,18H2/t12-/m0/s1. The van der Waals surface area contributed by atoms with Gasteiger partial charge in [0, 0.05) is 18.7 Å². The van der Waals surface area contributed by atoms with Crippen molar-refractivity contribution in [3.63, 3.8) is 0 Å². The summed E-state index contributed by atoms with van der Waals surface area (Å²) in [5, 5.41) is 0. The first-order chi connectivity index (χ1) is 9.02. The SMILES string of the molecule is NC[C@@H](c1ccccc1)c1ccc(C(F)(F)F)nc1. The second-order valence-electron chi connectivity index (χ2n) is 4.17. The molecule has 19 heavy (non-hydrogen) atoms. The molecule has 0 aliphatic carbocycles. The second kappa shape index (κ2) is 5.40. The number of benzene rings is 1. The highest BCUT2D eigenvalue weighted by Crippen LogP contribution is 2.29. The van der Waals surface area contributed by atoms with Crippen LogP contribution in [0.15, 0.2) is 48.7 Å². The fraction of sp³-hybridized carbons (Fsp3) is 0.214. The van der Waals surface area contributed by atoms with E-state index in [2.05, 4.69) is 4.98 Å². The molecule has 1 aromatic heterocycles. The molecule has 0 saturated heterocycles. The molecule has 0 amide bonds. The van der Waals surface area contributed by atoms with Crippen molar-refractivity contribution in [2.75, 3.05) is 6.54 Å². The number of aromatic nitrogens is 1. The predicted octanol–water partition coefficient (Wildman–Crippen LogP) is 3.19. The third-order valence-electron chi connectivity index (χ3n) is 2.92. The summed E-state index contributed by atoms with van der Waals surface area (Å²) in [6, 6.07) is 11.8. The number of rotatable bonds is 3. The Balaban J connectivity index is 2.30. The lowest BCUT2D eigenvalue weighted by Crippen LogP contribution is -2.15. The number of halogens is 3. The summed E-state index contributed by atoms with van der Waals surface area (Å²) >= 11 is 0. The first-order valence-electron chi connectivity index (χ1n) is 5.80. The van der Waals surface area contributed by atoms with Crippen LogP contribution < -0.4 is 5.73 Å². The van der Waals surface area contributed by atoms with Crippen LogP contribution >= 0.6 is 0 Å². The van der Waals surface area contributed by atoms with Crippen molar-refractivity contribution in [3.05, 3.63) is 65.5 Å². The summed E-state index contributed by atoms with van der Waals surface area (Å²) in [4.78, 5) is 3.46. The molecule has 0 saturated carbocycles. The zero-order valence-corrected chi connectivity index (χ0v) is 10.1. The van der Waals surface area contributed by atoms with Gasteiger partial charge in [-0.1, -0.05) is 36.4 Å². The minimum absolute atomic E-state index is 0.143. The molecule has 100 valence electrons. The number of pyridine rings is 1. The van der Waals surface area contributed by atoms with Crippen molar-refractivity contribution in [1.29, 1.82) is 0 Å². The van der Waals surface area contributed by atoms with Crippen molar-refractivity contribution >= 4 is 0 Å². The largest absolute Gasteiger partial charge is 0.433 e. The molecule has 1 aromatic carbocycles. The summed E-state index contributed by atoms with van der Waals surface area (Å²) in [6.07, 6.45) is -3.17. The molecule has 0 aliphatic rings. The molecule has 0 bridgehead atoms. The monoisotopic (exact) mass is 266 g/mol. The second-order valence-corrected chi connectivity index (χ2v) is 4.17. The predicted molar refractivity (Wildman–Crippen MR) is 66.6 cm³/mol. The van der Waals surface area contributed by atoms with E-state index >= 15 is 0 Å². The lowest BCUT2D eigenvalue weighted by Gasteiger charge is -2.16. The highest BCUT2D eigenvalue weighted by Gasteiger charge is 2.32. The maximum Gasteiger partial charge on any atom is 0.433 e. The normalized spacial score (nSPS) is 13.3. The molecule has 2 aromatic rings. The first kappa shape index (κ1) is 13.5. The van der Waals surface area contributed by atoms with E-state index in [1.807, 2.05) is 30.3 Å². The fourth-order valence-corrected chi connectivity index (χ4v) is 1.93. The maximum absolute atomic E-state index is 12.4. The van der Waals surface area contributed by atoms with Crippen molar-refractivity contribution in [2.45, 2.75) is 12.1 Å². The quantitative estimate of drug-likeness (QED) is 0.926. The van der Waals surface area contributed by atoms with E-state index in [9.17, 15) is 13.2 Å². The third-order valence-corrected chi connectivity index (χ3v) is 2.92. The van der Waals surface area contributed by atoms with Gasteiger partial charge in [-0.05, 0) is 17.2 Å². The molecule has 2 nitrogen and oxygen atoms in total. The van der Waals surface area contributed by atoms with Crippen LogP contribution in [0.1, 0.15) is 22.7 Å². The Hall–Kier alpha value is -1.88. The number of hydrogen-bond acceptors (Lipinski definition) is 2. The Morgan fingerprint density at radius 2 is 1.68 bits per heavy atom. The average Bonchev–Trinajstić information content (AvgIpc) is 2.40. The van der Waals surface area contributed by atoms with Gasteiger partial charge in [0.25, 0.3) is 0 Å². The Bertz CT molecular complexity index is 521. The van der Waals surface area contributed by atoms with Gasteiger partial charge in [-0.25, -0.2) is 0 Å². The molecule has 5 heteroatoms. The van der Waals surface area contributed by atoms with Crippen LogP contribution in [-0.4, -0.2) is 11.5 Å². The van der Waals surface area contributed by atoms with Crippen LogP contribution in [0.3, 0.4) is 0 Å². The average molecular weight is 266 g/mol. The molecule has 2 N–H and O–H groups in total. The highest BCUT2D eigenvalue weighted by molar-refractivity contribution is 5.32. The van der Waals surface area contributed by atoms with Gasteiger partial charge in [0.15, 0.2) is 0 Å². The van der Waals surface area contributed by atoms with Crippen LogP contribution in [0, 0.1) is 0 Å². The summed E-state index contributed by atoms with van der Waals surface area (Å²) in [5.74, 6) is -0.143. The van der Waals surface area contributed by atoms with E-state index in [0.717, 1.165) is 11.6 Å². The van der Waals surface area contributed by atoms with Gasteiger partial charge < -0.3 is 5.73 Å². The van der Waals surface area contributed by atoms with Crippen molar-refractivity contribution in [1.82, 2.24) is 4.98 Å². The topological polar surface area (TPSA) is 38.9 Å². The fourth-order valence-electron chi connectivity index (χ4n) is 1.93. The molecule has 0 spiro atoms. The zero-order chi connectivity index (χ0) is 13.9. The molecule has 0 radical (unpaired) electrons. The number of nitrogens with two attached hydrogens (primary N) is 1. The Labute approximate surface area is 109 Å². The van der Waals surface area contributed by atoms with Gasteiger partial charge in [0.1, 0.15) is 5.69 Å². The minimum atomic E-state index is -4.41. The van der Waals surface area contributed by atoms with Crippen LogP contribution in [0.25, 0.3) is 0 Å². The minimum Gasteiger partial charge on any atom is -0.330 e. The van der Waals surface area contributed by atoms with E-state index in [1.165, 1.54) is 12.3 Å². The summed E-state index contributed by atoms with van der Waals surface area (Å²) in [7, 11) is 0. The highest BCUT2D eigenvalue weighted by atomic mass is 19.4. The van der Waals surface area contributed by atoms with E-state index in [4.69, 9.17) is 5.73 Å². The molecule has 1 heterocycles. The first-order valence-corrected chi connectivity index (χ1v) is 5.80. The van der Waals surface area contributed by atoms with Crippen LogP contribution in [0.4, 0.5) is 13.2 Å². The van der Waals surface area contributed by atoms with Gasteiger partial charge in [0.05, 0.1) is 0 Å². The lowest BCUT2D eigenvalue weighted by atomic mass is 9.92. The lowest BCUT2D eigenvalue weighted by molar-refractivity contribution is -0.141. The van der Waals surface area contributed by atoms with Crippen LogP contribution in [0.2, 0.25) is 0 Å². The van der Waals surface area contributed by atoms with Gasteiger partial charge in [-0.2, -0.15) is 13.2 Å². The van der Waals surface area contributed by atoms with Crippen LogP contribution in [0.5, 0.6) is 0 Å². The smallest absolute Gasteiger partial charge is 0.330 e.